The maximum Gasteiger partial charge on any atom is 0.107 e. The van der Waals surface area contributed by atoms with E-state index in [1.807, 2.05) is 12.1 Å². The molecule has 3 nitrogen and oxygen atoms in total. The molecule has 1 aromatic carbocycles. The van der Waals surface area contributed by atoms with Gasteiger partial charge in [0.25, 0.3) is 0 Å². The highest BCUT2D eigenvalue weighted by molar-refractivity contribution is 7.99. The molecule has 0 aliphatic heterocycles. The fraction of sp³-hybridized carbons (Fsp3) is 0.500. The largest absolute Gasteiger partial charge is 0.395 e. The van der Waals surface area contributed by atoms with E-state index in [1.54, 1.807) is 11.8 Å². The van der Waals surface area contributed by atoms with Gasteiger partial charge in [-0.25, -0.2) is 0 Å². The van der Waals surface area contributed by atoms with E-state index in [0.29, 0.717) is 11.5 Å². The van der Waals surface area contributed by atoms with Gasteiger partial charge in [0.2, 0.25) is 0 Å². The van der Waals surface area contributed by atoms with Crippen LogP contribution in [0.4, 0.5) is 5.69 Å². The van der Waals surface area contributed by atoms with Crippen LogP contribution in [0.2, 0.25) is 0 Å². The summed E-state index contributed by atoms with van der Waals surface area (Å²) in [5.74, 6) is 0.979. The third kappa shape index (κ3) is 4.37. The van der Waals surface area contributed by atoms with E-state index >= 15 is 0 Å². The summed E-state index contributed by atoms with van der Waals surface area (Å²) in [6.45, 7) is 5.84. The second kappa shape index (κ2) is 8.40. The van der Waals surface area contributed by atoms with Crippen molar-refractivity contribution in [3.05, 3.63) is 23.8 Å². The lowest BCUT2D eigenvalue weighted by Crippen LogP contribution is -2.30. The van der Waals surface area contributed by atoms with Crippen molar-refractivity contribution in [3.8, 4) is 0 Å². The SMILES string of the molecule is CCCN(CCO)c1cccc(SCC)c1C(N)=S. The summed E-state index contributed by atoms with van der Waals surface area (Å²) < 4.78 is 0. The third-order valence-corrected chi connectivity index (χ3v) is 3.90. The highest BCUT2D eigenvalue weighted by Gasteiger charge is 2.15. The Morgan fingerprint density at radius 1 is 1.37 bits per heavy atom. The summed E-state index contributed by atoms with van der Waals surface area (Å²) in [5.41, 5.74) is 7.87. The number of nitrogens with two attached hydrogens (primary N) is 1. The van der Waals surface area contributed by atoms with Crippen LogP contribution in [0.3, 0.4) is 0 Å². The second-order valence-electron chi connectivity index (χ2n) is 4.16. The van der Waals surface area contributed by atoms with Gasteiger partial charge in [-0.15, -0.1) is 11.8 Å². The molecule has 1 rings (SSSR count). The van der Waals surface area contributed by atoms with Gasteiger partial charge >= 0.3 is 0 Å². The summed E-state index contributed by atoms with van der Waals surface area (Å²) in [4.78, 5) is 3.69. The van der Waals surface area contributed by atoms with E-state index < -0.39 is 0 Å². The number of benzene rings is 1. The van der Waals surface area contributed by atoms with Crippen LogP contribution in [-0.4, -0.2) is 35.5 Å². The van der Waals surface area contributed by atoms with Crippen molar-refractivity contribution in [3.63, 3.8) is 0 Å². The zero-order valence-electron chi connectivity index (χ0n) is 11.6. The van der Waals surface area contributed by atoms with Crippen molar-refractivity contribution < 1.29 is 5.11 Å². The molecule has 0 radical (unpaired) electrons. The Balaban J connectivity index is 3.23. The predicted molar refractivity (Wildman–Crippen MR) is 88.3 cm³/mol. The molecule has 5 heteroatoms. The van der Waals surface area contributed by atoms with Crippen LogP contribution in [-0.2, 0) is 0 Å². The Morgan fingerprint density at radius 3 is 2.63 bits per heavy atom. The summed E-state index contributed by atoms with van der Waals surface area (Å²) in [5, 5.41) is 9.22. The zero-order chi connectivity index (χ0) is 14.3. The minimum Gasteiger partial charge on any atom is -0.395 e. The number of thioether (sulfide) groups is 1. The van der Waals surface area contributed by atoms with Gasteiger partial charge in [0.05, 0.1) is 6.61 Å². The van der Waals surface area contributed by atoms with Gasteiger partial charge in [-0.3, -0.25) is 0 Å². The molecule has 0 aromatic heterocycles. The topological polar surface area (TPSA) is 49.5 Å². The number of anilines is 1. The average Bonchev–Trinajstić information content (AvgIpc) is 2.38. The van der Waals surface area contributed by atoms with E-state index in [-0.39, 0.29) is 6.61 Å². The van der Waals surface area contributed by atoms with Crippen molar-refractivity contribution in [2.45, 2.75) is 25.2 Å². The molecular weight excluding hydrogens is 276 g/mol. The third-order valence-electron chi connectivity index (χ3n) is 2.75. The van der Waals surface area contributed by atoms with Crippen LogP contribution in [0.1, 0.15) is 25.8 Å². The smallest absolute Gasteiger partial charge is 0.107 e. The van der Waals surface area contributed by atoms with Crippen LogP contribution in [0.25, 0.3) is 0 Å². The number of rotatable bonds is 8. The van der Waals surface area contributed by atoms with Crippen molar-refractivity contribution >= 4 is 34.7 Å². The molecular formula is C14H22N2OS2. The minimum absolute atomic E-state index is 0.127. The molecule has 0 spiro atoms. The maximum absolute atomic E-state index is 9.22. The summed E-state index contributed by atoms with van der Waals surface area (Å²) in [6.07, 6.45) is 1.02. The molecule has 106 valence electrons. The molecule has 0 unspecified atom stereocenters. The lowest BCUT2D eigenvalue weighted by molar-refractivity contribution is 0.302. The van der Waals surface area contributed by atoms with Gasteiger partial charge in [-0.1, -0.05) is 32.1 Å². The standard InChI is InChI=1S/C14H22N2OS2/c1-3-8-16(9-10-17)11-6-5-7-12(19-4-2)13(11)14(15)18/h5-7,17H,3-4,8-10H2,1-2H3,(H2,15,18). The molecule has 0 amide bonds. The molecule has 0 saturated carbocycles. The van der Waals surface area contributed by atoms with Crippen molar-refractivity contribution in [2.75, 3.05) is 30.3 Å². The van der Waals surface area contributed by atoms with Crippen molar-refractivity contribution in [1.82, 2.24) is 0 Å². The number of hydrogen-bond acceptors (Lipinski definition) is 4. The van der Waals surface area contributed by atoms with Crippen molar-refractivity contribution in [1.29, 1.82) is 0 Å². The van der Waals surface area contributed by atoms with E-state index in [9.17, 15) is 5.11 Å². The highest BCUT2D eigenvalue weighted by Crippen LogP contribution is 2.31. The van der Waals surface area contributed by atoms with Gasteiger partial charge in [0, 0.05) is 29.2 Å². The Hall–Kier alpha value is -0.780. The first-order valence-electron chi connectivity index (χ1n) is 6.57. The van der Waals surface area contributed by atoms with Crippen LogP contribution >= 0.6 is 24.0 Å². The lowest BCUT2D eigenvalue weighted by Gasteiger charge is -2.27. The molecule has 19 heavy (non-hydrogen) atoms. The molecule has 0 aliphatic rings. The molecule has 0 atom stereocenters. The average molecular weight is 298 g/mol. The molecule has 0 fully saturated rings. The van der Waals surface area contributed by atoms with Gasteiger partial charge in [0.15, 0.2) is 0 Å². The maximum atomic E-state index is 9.22. The normalized spacial score (nSPS) is 10.5. The number of nitrogens with zero attached hydrogens (tertiary/aromatic N) is 1. The number of aliphatic hydroxyl groups excluding tert-OH is 1. The quantitative estimate of drug-likeness (QED) is 0.571. The Labute approximate surface area is 125 Å². The van der Waals surface area contributed by atoms with Crippen LogP contribution in [0, 0.1) is 0 Å². The monoisotopic (exact) mass is 298 g/mol. The first-order valence-corrected chi connectivity index (χ1v) is 7.96. The minimum atomic E-state index is 0.127. The van der Waals surface area contributed by atoms with Crippen LogP contribution < -0.4 is 10.6 Å². The summed E-state index contributed by atoms with van der Waals surface area (Å²) in [7, 11) is 0. The fourth-order valence-corrected chi connectivity index (χ4v) is 3.17. The Kier molecular flexibility index (Phi) is 7.20. The Morgan fingerprint density at radius 2 is 2.11 bits per heavy atom. The zero-order valence-corrected chi connectivity index (χ0v) is 13.2. The second-order valence-corrected chi connectivity index (χ2v) is 5.90. The molecule has 0 heterocycles. The first-order chi connectivity index (χ1) is 9.15. The number of aliphatic hydroxyl groups is 1. The van der Waals surface area contributed by atoms with Crippen LogP contribution in [0.5, 0.6) is 0 Å². The van der Waals surface area contributed by atoms with Gasteiger partial charge in [-0.2, -0.15) is 0 Å². The Bertz CT molecular complexity index is 418. The molecule has 0 saturated heterocycles. The fourth-order valence-electron chi connectivity index (χ4n) is 2.05. The predicted octanol–water partition coefficient (Wildman–Crippen LogP) is 2.64. The van der Waals surface area contributed by atoms with Gasteiger partial charge in [0.1, 0.15) is 4.99 Å². The van der Waals surface area contributed by atoms with E-state index in [1.165, 1.54) is 0 Å². The molecule has 3 N–H and O–H groups in total. The summed E-state index contributed by atoms with van der Waals surface area (Å²) >= 11 is 6.96. The lowest BCUT2D eigenvalue weighted by atomic mass is 10.1. The number of thiocarbonyl (C=S) groups is 1. The van der Waals surface area contributed by atoms with Crippen molar-refractivity contribution in [2.24, 2.45) is 5.73 Å². The molecule has 0 bridgehead atoms. The molecule has 1 aromatic rings. The van der Waals surface area contributed by atoms with E-state index in [0.717, 1.165) is 34.9 Å². The number of hydrogen-bond donors (Lipinski definition) is 2. The van der Waals surface area contributed by atoms with E-state index in [4.69, 9.17) is 18.0 Å². The van der Waals surface area contributed by atoms with Gasteiger partial charge < -0.3 is 15.7 Å². The highest BCUT2D eigenvalue weighted by atomic mass is 32.2. The summed E-state index contributed by atoms with van der Waals surface area (Å²) in [6, 6.07) is 6.10. The van der Waals surface area contributed by atoms with Crippen LogP contribution in [0.15, 0.2) is 23.1 Å². The first kappa shape index (κ1) is 16.3. The molecule has 0 aliphatic carbocycles. The van der Waals surface area contributed by atoms with Gasteiger partial charge in [-0.05, 0) is 24.3 Å². The van der Waals surface area contributed by atoms with E-state index in [2.05, 4.69) is 24.8 Å².